The maximum absolute atomic E-state index is 11.2. The molecule has 3 heteroatoms. The van der Waals surface area contributed by atoms with Crippen LogP contribution in [0.15, 0.2) is 35.9 Å². The number of carbonyl (C=O) groups excluding carboxylic acids is 1. The lowest BCUT2D eigenvalue weighted by atomic mass is 10.1. The van der Waals surface area contributed by atoms with Gasteiger partial charge >= 0.3 is 5.97 Å². The number of hydrogen-bond acceptors (Lipinski definition) is 2. The molecular weight excluding hydrogens is 244 g/mol. The van der Waals surface area contributed by atoms with Gasteiger partial charge < -0.3 is 4.74 Å². The van der Waals surface area contributed by atoms with Crippen molar-refractivity contribution < 1.29 is 9.53 Å². The van der Waals surface area contributed by atoms with Gasteiger partial charge in [0, 0.05) is 10.9 Å². The minimum absolute atomic E-state index is 0.300. The highest BCUT2D eigenvalue weighted by Crippen LogP contribution is 2.09. The van der Waals surface area contributed by atoms with Crippen LogP contribution < -0.4 is 0 Å². The molecule has 74 valence electrons. The molecule has 0 bridgehead atoms. The van der Waals surface area contributed by atoms with Crippen molar-refractivity contribution >= 4 is 28.0 Å². The third-order valence-electron chi connectivity index (χ3n) is 1.73. The van der Waals surface area contributed by atoms with Crippen LogP contribution in [0.2, 0.25) is 0 Å². The molecule has 0 unspecified atom stereocenters. The zero-order chi connectivity index (χ0) is 10.4. The molecule has 0 aliphatic heterocycles. The molecule has 14 heavy (non-hydrogen) atoms. The zero-order valence-electron chi connectivity index (χ0n) is 7.87. The molecule has 1 aromatic rings. The van der Waals surface area contributed by atoms with Crippen molar-refractivity contribution in [2.75, 3.05) is 12.4 Å². The van der Waals surface area contributed by atoms with Crippen LogP contribution in [-0.4, -0.2) is 18.4 Å². The third kappa shape index (κ3) is 3.00. The minimum Gasteiger partial charge on any atom is -0.466 e. The van der Waals surface area contributed by atoms with Crippen molar-refractivity contribution in [3.63, 3.8) is 0 Å². The van der Waals surface area contributed by atoms with E-state index >= 15 is 0 Å². The molecule has 0 fully saturated rings. The molecular formula is C11H11BrO2. The molecule has 0 spiro atoms. The van der Waals surface area contributed by atoms with Crippen LogP contribution in [-0.2, 0) is 9.53 Å². The van der Waals surface area contributed by atoms with Crippen molar-refractivity contribution in [2.24, 2.45) is 0 Å². The van der Waals surface area contributed by atoms with E-state index in [1.165, 1.54) is 7.11 Å². The van der Waals surface area contributed by atoms with Gasteiger partial charge in [-0.15, -0.1) is 0 Å². The van der Waals surface area contributed by atoms with Gasteiger partial charge in [-0.2, -0.15) is 0 Å². The number of esters is 1. The summed E-state index contributed by atoms with van der Waals surface area (Å²) in [4.78, 5) is 11.2. The molecule has 0 radical (unpaired) electrons. The van der Waals surface area contributed by atoms with E-state index in [-0.39, 0.29) is 5.97 Å². The summed E-state index contributed by atoms with van der Waals surface area (Å²) in [7, 11) is 1.38. The van der Waals surface area contributed by atoms with Crippen LogP contribution in [0.25, 0.3) is 6.08 Å². The Hall–Kier alpha value is -1.09. The summed E-state index contributed by atoms with van der Waals surface area (Å²) in [6.07, 6.45) is 1.81. The number of alkyl halides is 1. The van der Waals surface area contributed by atoms with E-state index in [0.29, 0.717) is 10.9 Å². The first-order valence-electron chi connectivity index (χ1n) is 4.18. The second-order valence-electron chi connectivity index (χ2n) is 2.71. The van der Waals surface area contributed by atoms with Gasteiger partial charge in [-0.3, -0.25) is 0 Å². The van der Waals surface area contributed by atoms with Gasteiger partial charge in [-0.25, -0.2) is 4.79 Å². The standard InChI is InChI=1S/C11H11BrO2/c1-14-11(13)10(8-12)7-9-5-3-2-4-6-9/h2-7H,8H2,1H3. The van der Waals surface area contributed by atoms with E-state index in [2.05, 4.69) is 20.7 Å². The number of halogens is 1. The van der Waals surface area contributed by atoms with Gasteiger partial charge in [-0.05, 0) is 11.6 Å². The Balaban J connectivity index is 2.89. The zero-order valence-corrected chi connectivity index (χ0v) is 9.45. The predicted octanol–water partition coefficient (Wildman–Crippen LogP) is 2.64. The molecule has 1 rings (SSSR count). The summed E-state index contributed by atoms with van der Waals surface area (Å²) in [5, 5.41) is 0.495. The van der Waals surface area contributed by atoms with E-state index in [1.807, 2.05) is 30.3 Å². The van der Waals surface area contributed by atoms with E-state index < -0.39 is 0 Å². The number of ether oxygens (including phenoxy) is 1. The number of methoxy groups -OCH3 is 1. The molecule has 0 saturated heterocycles. The lowest BCUT2D eigenvalue weighted by Gasteiger charge is -2.00. The number of carbonyl (C=O) groups is 1. The average Bonchev–Trinajstić information content (AvgIpc) is 2.26. The van der Waals surface area contributed by atoms with Crippen LogP contribution in [0, 0.1) is 0 Å². The molecule has 0 saturated carbocycles. The summed E-state index contributed by atoms with van der Waals surface area (Å²) in [6, 6.07) is 9.66. The van der Waals surface area contributed by atoms with Gasteiger partial charge in [0.2, 0.25) is 0 Å². The maximum Gasteiger partial charge on any atom is 0.334 e. The average molecular weight is 255 g/mol. The first-order chi connectivity index (χ1) is 6.77. The van der Waals surface area contributed by atoms with E-state index in [4.69, 9.17) is 0 Å². The van der Waals surface area contributed by atoms with Crippen molar-refractivity contribution in [1.29, 1.82) is 0 Å². The largest absolute Gasteiger partial charge is 0.466 e. The van der Waals surface area contributed by atoms with Crippen LogP contribution in [0.5, 0.6) is 0 Å². The second kappa shape index (κ2) is 5.60. The molecule has 0 heterocycles. The summed E-state index contributed by atoms with van der Waals surface area (Å²) in [5.41, 5.74) is 1.60. The van der Waals surface area contributed by atoms with Crippen molar-refractivity contribution in [3.05, 3.63) is 41.5 Å². The van der Waals surface area contributed by atoms with E-state index in [9.17, 15) is 4.79 Å². The molecule has 0 aliphatic rings. The Labute approximate surface area is 91.7 Å². The van der Waals surface area contributed by atoms with Gasteiger partial charge in [0.05, 0.1) is 7.11 Å². The topological polar surface area (TPSA) is 26.3 Å². The van der Waals surface area contributed by atoms with Crippen LogP contribution in [0.1, 0.15) is 5.56 Å². The highest BCUT2D eigenvalue weighted by Gasteiger charge is 2.06. The predicted molar refractivity (Wildman–Crippen MR) is 60.2 cm³/mol. The molecule has 0 aromatic heterocycles. The first kappa shape index (κ1) is 11.0. The Morgan fingerprint density at radius 2 is 2.07 bits per heavy atom. The lowest BCUT2D eigenvalue weighted by molar-refractivity contribution is -0.135. The van der Waals surface area contributed by atoms with Gasteiger partial charge in [0.1, 0.15) is 0 Å². The summed E-state index contributed by atoms with van der Waals surface area (Å²) < 4.78 is 4.64. The highest BCUT2D eigenvalue weighted by atomic mass is 79.9. The van der Waals surface area contributed by atoms with Crippen LogP contribution >= 0.6 is 15.9 Å². The number of hydrogen-bond donors (Lipinski definition) is 0. The fraction of sp³-hybridized carbons (Fsp3) is 0.182. The quantitative estimate of drug-likeness (QED) is 0.471. The fourth-order valence-corrected chi connectivity index (χ4v) is 1.42. The molecule has 0 aliphatic carbocycles. The highest BCUT2D eigenvalue weighted by molar-refractivity contribution is 9.09. The van der Waals surface area contributed by atoms with Gasteiger partial charge in [-0.1, -0.05) is 46.3 Å². The van der Waals surface area contributed by atoms with Gasteiger partial charge in [0.25, 0.3) is 0 Å². The summed E-state index contributed by atoms with van der Waals surface area (Å²) in [5.74, 6) is -0.300. The Morgan fingerprint density at radius 3 is 2.57 bits per heavy atom. The maximum atomic E-state index is 11.2. The van der Waals surface area contributed by atoms with E-state index in [0.717, 1.165) is 5.56 Å². The fourth-order valence-electron chi connectivity index (χ4n) is 1.03. The van der Waals surface area contributed by atoms with Crippen molar-refractivity contribution in [2.45, 2.75) is 0 Å². The van der Waals surface area contributed by atoms with Crippen molar-refractivity contribution in [1.82, 2.24) is 0 Å². The number of benzene rings is 1. The minimum atomic E-state index is -0.300. The van der Waals surface area contributed by atoms with E-state index in [1.54, 1.807) is 6.08 Å². The lowest BCUT2D eigenvalue weighted by Crippen LogP contribution is -2.05. The summed E-state index contributed by atoms with van der Waals surface area (Å²) in [6.45, 7) is 0. The smallest absolute Gasteiger partial charge is 0.334 e. The molecule has 0 N–H and O–H groups in total. The molecule has 0 atom stereocenters. The molecule has 1 aromatic carbocycles. The van der Waals surface area contributed by atoms with Crippen LogP contribution in [0.4, 0.5) is 0 Å². The summed E-state index contributed by atoms with van der Waals surface area (Å²) >= 11 is 3.25. The normalized spacial score (nSPS) is 11.1. The van der Waals surface area contributed by atoms with Gasteiger partial charge in [0.15, 0.2) is 0 Å². The first-order valence-corrected chi connectivity index (χ1v) is 5.30. The molecule has 0 amide bonds. The third-order valence-corrected chi connectivity index (χ3v) is 2.34. The number of rotatable bonds is 3. The molecule has 2 nitrogen and oxygen atoms in total. The monoisotopic (exact) mass is 254 g/mol. The van der Waals surface area contributed by atoms with Crippen LogP contribution in [0.3, 0.4) is 0 Å². The Bertz CT molecular complexity index is 330. The Kier molecular flexibility index (Phi) is 4.40. The Morgan fingerprint density at radius 1 is 1.43 bits per heavy atom. The second-order valence-corrected chi connectivity index (χ2v) is 3.27. The SMILES string of the molecule is COC(=O)C(=Cc1ccccc1)CBr. The van der Waals surface area contributed by atoms with Crippen molar-refractivity contribution in [3.8, 4) is 0 Å².